The third kappa shape index (κ3) is 2.39. The Bertz CT molecular complexity index is 949. The monoisotopic (exact) mass is 406 g/mol. The second kappa shape index (κ2) is 5.76. The van der Waals surface area contributed by atoms with Gasteiger partial charge in [0, 0.05) is 15.5 Å². The summed E-state index contributed by atoms with van der Waals surface area (Å²) in [5, 5.41) is 1.60. The lowest BCUT2D eigenvalue weighted by Crippen LogP contribution is -2.31. The van der Waals surface area contributed by atoms with Crippen LogP contribution in [0.15, 0.2) is 40.3 Å². The van der Waals surface area contributed by atoms with Gasteiger partial charge in [-0.1, -0.05) is 58.0 Å². The molecule has 1 aromatic carbocycles. The van der Waals surface area contributed by atoms with Gasteiger partial charge < -0.3 is 4.57 Å². The van der Waals surface area contributed by atoms with Crippen LogP contribution in [0.1, 0.15) is 22.0 Å². The Balaban J connectivity index is 2.08. The molecule has 0 amide bonds. The minimum atomic E-state index is -0.0968. The van der Waals surface area contributed by atoms with Crippen molar-refractivity contribution in [1.82, 2.24) is 9.55 Å². The highest BCUT2D eigenvalue weighted by atomic mass is 79.9. The normalized spacial score (nSPS) is 20.7. The smallest absolute Gasteiger partial charge is 0.282 e. The summed E-state index contributed by atoms with van der Waals surface area (Å²) in [6.45, 7) is 4.09. The number of aryl methyl sites for hydroxylation is 2. The van der Waals surface area contributed by atoms with E-state index >= 15 is 0 Å². The maximum Gasteiger partial charge on any atom is 0.282 e. The first kappa shape index (κ1) is 15.4. The molecular weight excluding hydrogens is 392 g/mol. The molecule has 3 nitrogen and oxygen atoms in total. The summed E-state index contributed by atoms with van der Waals surface area (Å²) in [5.74, 6) is 0.904. The van der Waals surface area contributed by atoms with Gasteiger partial charge >= 0.3 is 0 Å². The van der Waals surface area contributed by atoms with Gasteiger partial charge in [-0.15, -0.1) is 11.3 Å². The van der Waals surface area contributed by atoms with Crippen LogP contribution < -0.4 is 5.56 Å². The average Bonchev–Trinajstić information content (AvgIpc) is 2.85. The molecule has 23 heavy (non-hydrogen) atoms. The summed E-state index contributed by atoms with van der Waals surface area (Å²) in [4.78, 5) is 19.4. The van der Waals surface area contributed by atoms with Crippen molar-refractivity contribution in [2.45, 2.75) is 29.9 Å². The number of benzene rings is 1. The predicted molar refractivity (Wildman–Crippen MR) is 101 cm³/mol. The molecule has 3 heterocycles. The van der Waals surface area contributed by atoms with Crippen LogP contribution in [-0.4, -0.2) is 20.1 Å². The quantitative estimate of drug-likeness (QED) is 0.439. The third-order valence-electron chi connectivity index (χ3n) is 4.34. The van der Waals surface area contributed by atoms with Crippen LogP contribution in [0, 0.1) is 13.8 Å². The number of halogens is 1. The Hall–Kier alpha value is -1.11. The van der Waals surface area contributed by atoms with Gasteiger partial charge in [-0.3, -0.25) is 4.79 Å². The van der Waals surface area contributed by atoms with Crippen molar-refractivity contribution in [3.05, 3.63) is 56.7 Å². The zero-order chi connectivity index (χ0) is 16.1. The lowest BCUT2D eigenvalue weighted by molar-refractivity contribution is 0.531. The summed E-state index contributed by atoms with van der Waals surface area (Å²) in [6.07, 6.45) is 0. The molecule has 0 aliphatic carbocycles. The summed E-state index contributed by atoms with van der Waals surface area (Å²) in [5.41, 5.74) is 2.21. The highest BCUT2D eigenvalue weighted by Crippen LogP contribution is 2.42. The molecule has 0 saturated heterocycles. The number of nitrogens with zero attached hydrogens (tertiary/aromatic N) is 2. The number of thioether (sulfide) groups is 1. The number of aromatic nitrogens is 2. The van der Waals surface area contributed by atoms with Crippen LogP contribution in [0.2, 0.25) is 0 Å². The number of alkyl halides is 1. The molecule has 2 aromatic heterocycles. The Kier molecular flexibility index (Phi) is 3.86. The van der Waals surface area contributed by atoms with Crippen molar-refractivity contribution in [3.63, 3.8) is 0 Å². The van der Waals surface area contributed by atoms with Gasteiger partial charge in [-0.25, -0.2) is 0 Å². The number of rotatable bonds is 1. The first-order chi connectivity index (χ1) is 11.1. The highest BCUT2D eigenvalue weighted by Gasteiger charge is 2.32. The Labute approximate surface area is 150 Å². The molecule has 0 saturated carbocycles. The van der Waals surface area contributed by atoms with Crippen molar-refractivity contribution in [2.24, 2.45) is 0 Å². The molecule has 6 heteroatoms. The first-order valence-corrected chi connectivity index (χ1v) is 10.1. The van der Waals surface area contributed by atoms with Crippen molar-refractivity contribution >= 4 is 49.2 Å². The van der Waals surface area contributed by atoms with Gasteiger partial charge in [0.1, 0.15) is 4.83 Å². The van der Waals surface area contributed by atoms with E-state index in [-0.39, 0.29) is 11.6 Å². The minimum absolute atomic E-state index is 0.0968. The Morgan fingerprint density at radius 1 is 1.26 bits per heavy atom. The second-order valence-electron chi connectivity index (χ2n) is 5.72. The number of thiophene rings is 1. The van der Waals surface area contributed by atoms with Gasteiger partial charge in [0.2, 0.25) is 0 Å². The summed E-state index contributed by atoms with van der Waals surface area (Å²) in [6, 6.07) is 10.6. The first-order valence-electron chi connectivity index (χ1n) is 7.42. The fourth-order valence-corrected chi connectivity index (χ4v) is 6.24. The number of hydrogen-bond donors (Lipinski definition) is 0. The Morgan fingerprint density at radius 3 is 2.74 bits per heavy atom. The molecule has 0 bridgehead atoms. The largest absolute Gasteiger partial charge is 0.303 e. The molecule has 0 N–H and O–H groups in total. The van der Waals surface area contributed by atoms with Crippen molar-refractivity contribution in [1.29, 1.82) is 0 Å². The molecule has 0 fully saturated rings. The SMILES string of the molecule is Cc1sc2c(c1C)c(=O)nc1n2[C@H](c2ccccc2)[C@H](Br)CS1. The van der Waals surface area contributed by atoms with Crippen molar-refractivity contribution in [2.75, 3.05) is 5.75 Å². The van der Waals surface area contributed by atoms with Crippen LogP contribution in [-0.2, 0) is 0 Å². The van der Waals surface area contributed by atoms with Gasteiger partial charge in [0.05, 0.1) is 11.4 Å². The molecule has 2 atom stereocenters. The highest BCUT2D eigenvalue weighted by molar-refractivity contribution is 9.09. The molecule has 0 radical (unpaired) electrons. The fourth-order valence-electron chi connectivity index (χ4n) is 3.08. The van der Waals surface area contributed by atoms with Crippen LogP contribution in [0.4, 0.5) is 0 Å². The van der Waals surface area contributed by atoms with E-state index in [9.17, 15) is 4.79 Å². The van der Waals surface area contributed by atoms with Gasteiger partial charge in [0.25, 0.3) is 5.56 Å². The van der Waals surface area contributed by atoms with Gasteiger partial charge in [0.15, 0.2) is 5.16 Å². The lowest BCUT2D eigenvalue weighted by Gasteiger charge is -2.32. The van der Waals surface area contributed by atoms with Gasteiger partial charge in [-0.05, 0) is 25.0 Å². The molecular formula is C17H15BrN2OS2. The summed E-state index contributed by atoms with van der Waals surface area (Å²) in [7, 11) is 0. The topological polar surface area (TPSA) is 34.9 Å². The van der Waals surface area contributed by atoms with E-state index < -0.39 is 0 Å². The fraction of sp³-hybridized carbons (Fsp3) is 0.294. The molecule has 118 valence electrons. The summed E-state index contributed by atoms with van der Waals surface area (Å²) >= 11 is 7.20. The molecule has 1 aliphatic heterocycles. The lowest BCUT2D eigenvalue weighted by atomic mass is 10.0. The van der Waals surface area contributed by atoms with E-state index in [0.29, 0.717) is 4.83 Å². The number of hydrogen-bond acceptors (Lipinski definition) is 4. The van der Waals surface area contributed by atoms with E-state index in [0.717, 1.165) is 26.7 Å². The summed E-state index contributed by atoms with van der Waals surface area (Å²) < 4.78 is 2.25. The van der Waals surface area contributed by atoms with E-state index in [4.69, 9.17) is 0 Å². The van der Waals surface area contributed by atoms with Crippen molar-refractivity contribution < 1.29 is 0 Å². The van der Waals surface area contributed by atoms with E-state index in [1.165, 1.54) is 10.4 Å². The second-order valence-corrected chi connectivity index (χ2v) is 9.08. The van der Waals surface area contributed by atoms with Crippen LogP contribution >= 0.6 is 39.0 Å². The van der Waals surface area contributed by atoms with E-state index in [1.54, 1.807) is 23.1 Å². The molecule has 1 aliphatic rings. The van der Waals surface area contributed by atoms with E-state index in [1.807, 2.05) is 13.0 Å². The maximum absolute atomic E-state index is 12.5. The van der Waals surface area contributed by atoms with Crippen LogP contribution in [0.3, 0.4) is 0 Å². The average molecular weight is 407 g/mol. The van der Waals surface area contributed by atoms with Crippen molar-refractivity contribution in [3.8, 4) is 0 Å². The Morgan fingerprint density at radius 2 is 2.00 bits per heavy atom. The van der Waals surface area contributed by atoms with E-state index in [2.05, 4.69) is 56.7 Å². The maximum atomic E-state index is 12.5. The molecule has 4 rings (SSSR count). The molecule has 0 spiro atoms. The predicted octanol–water partition coefficient (Wildman–Crippen LogP) is 4.53. The standard InChI is InChI=1S/C17H15BrN2OS2/c1-9-10(2)23-16-13(9)15(21)19-17-20(16)14(12(18)8-22-17)11-6-4-3-5-7-11/h3-7,12,14H,8H2,1-2H3/t12-,14-/m1/s1. The molecule has 0 unspecified atom stereocenters. The number of fused-ring (bicyclic) bond motifs is 3. The van der Waals surface area contributed by atoms with Crippen LogP contribution in [0.5, 0.6) is 0 Å². The minimum Gasteiger partial charge on any atom is -0.303 e. The zero-order valence-electron chi connectivity index (χ0n) is 12.7. The molecule has 3 aromatic rings. The van der Waals surface area contributed by atoms with Gasteiger partial charge in [-0.2, -0.15) is 4.98 Å². The third-order valence-corrected chi connectivity index (χ3v) is 7.87. The zero-order valence-corrected chi connectivity index (χ0v) is 16.0. The van der Waals surface area contributed by atoms with Crippen LogP contribution in [0.25, 0.3) is 10.2 Å².